The van der Waals surface area contributed by atoms with Crippen molar-refractivity contribution in [3.05, 3.63) is 59.2 Å². The van der Waals surface area contributed by atoms with Gasteiger partial charge in [-0.25, -0.2) is 14.5 Å². The van der Waals surface area contributed by atoms with E-state index in [4.69, 9.17) is 9.47 Å². The maximum atomic E-state index is 13.0. The third kappa shape index (κ3) is 4.77. The Hall–Kier alpha value is -4.14. The number of rotatable bonds is 7. The van der Waals surface area contributed by atoms with Crippen molar-refractivity contribution in [2.24, 2.45) is 0 Å². The zero-order valence-corrected chi connectivity index (χ0v) is 17.8. The maximum absolute atomic E-state index is 13.0. The molecule has 0 aromatic heterocycles. The van der Waals surface area contributed by atoms with Crippen molar-refractivity contribution in [2.45, 2.75) is 13.3 Å². The lowest BCUT2D eigenvalue weighted by atomic mass is 10.1. The maximum Gasteiger partial charge on any atom is 0.343 e. The lowest BCUT2D eigenvalue weighted by Crippen LogP contribution is -2.54. The Morgan fingerprint density at radius 3 is 2.38 bits per heavy atom. The molecule has 0 bridgehead atoms. The van der Waals surface area contributed by atoms with Crippen molar-refractivity contribution in [1.82, 2.24) is 5.32 Å². The van der Waals surface area contributed by atoms with Gasteiger partial charge in [0.05, 0.1) is 19.9 Å². The molecule has 1 N–H and O–H groups in total. The van der Waals surface area contributed by atoms with E-state index in [1.54, 1.807) is 18.2 Å². The van der Waals surface area contributed by atoms with E-state index in [1.807, 2.05) is 19.1 Å². The minimum absolute atomic E-state index is 0.213. The van der Waals surface area contributed by atoms with E-state index in [2.05, 4.69) is 10.1 Å². The molecule has 1 fully saturated rings. The van der Waals surface area contributed by atoms with Crippen LogP contribution in [0.2, 0.25) is 0 Å². The van der Waals surface area contributed by atoms with Crippen LogP contribution in [0.15, 0.2) is 48.0 Å². The molecule has 4 amide bonds. The van der Waals surface area contributed by atoms with E-state index in [0.29, 0.717) is 11.3 Å². The monoisotopic (exact) mass is 438 g/mol. The van der Waals surface area contributed by atoms with Gasteiger partial charge in [-0.2, -0.15) is 0 Å². The van der Waals surface area contributed by atoms with Gasteiger partial charge in [-0.05, 0) is 47.9 Å². The molecule has 0 spiro atoms. The summed E-state index contributed by atoms with van der Waals surface area (Å²) in [5.74, 6) is -1.53. The molecule has 0 saturated carbocycles. The number of carbonyl (C=O) groups excluding carboxylic acids is 4. The van der Waals surface area contributed by atoms with Crippen LogP contribution >= 0.6 is 0 Å². The molecular weight excluding hydrogens is 416 g/mol. The Kier molecular flexibility index (Phi) is 6.89. The minimum Gasteiger partial charge on any atom is -0.493 e. The summed E-state index contributed by atoms with van der Waals surface area (Å²) in [7, 11) is 2.66. The molecule has 166 valence electrons. The summed E-state index contributed by atoms with van der Waals surface area (Å²) in [6.07, 6.45) is 2.16. The van der Waals surface area contributed by atoms with Crippen LogP contribution < -0.4 is 19.7 Å². The molecule has 2 aromatic carbocycles. The second-order valence-corrected chi connectivity index (χ2v) is 6.75. The molecule has 32 heavy (non-hydrogen) atoms. The van der Waals surface area contributed by atoms with E-state index in [1.165, 1.54) is 32.4 Å². The van der Waals surface area contributed by atoms with Gasteiger partial charge in [0.25, 0.3) is 11.8 Å². The van der Waals surface area contributed by atoms with Gasteiger partial charge in [-0.1, -0.05) is 25.1 Å². The number of amides is 4. The van der Waals surface area contributed by atoms with Crippen LogP contribution in [0.3, 0.4) is 0 Å². The molecule has 0 unspecified atom stereocenters. The van der Waals surface area contributed by atoms with Gasteiger partial charge in [0, 0.05) is 0 Å². The number of imide groups is 2. The van der Waals surface area contributed by atoms with Gasteiger partial charge in [0.15, 0.2) is 18.1 Å². The Balaban J connectivity index is 1.90. The van der Waals surface area contributed by atoms with Gasteiger partial charge < -0.3 is 14.2 Å². The summed E-state index contributed by atoms with van der Waals surface area (Å²) in [5.41, 5.74) is 1.65. The van der Waals surface area contributed by atoms with Crippen molar-refractivity contribution >= 4 is 35.6 Å². The van der Waals surface area contributed by atoms with E-state index in [-0.39, 0.29) is 23.7 Å². The van der Waals surface area contributed by atoms with Crippen LogP contribution in [0.5, 0.6) is 11.5 Å². The topological polar surface area (TPSA) is 111 Å². The van der Waals surface area contributed by atoms with E-state index < -0.39 is 23.8 Å². The Morgan fingerprint density at radius 1 is 1.03 bits per heavy atom. The highest BCUT2D eigenvalue weighted by Crippen LogP contribution is 2.30. The van der Waals surface area contributed by atoms with Crippen molar-refractivity contribution in [2.75, 3.05) is 25.7 Å². The van der Waals surface area contributed by atoms with Crippen LogP contribution in [0.4, 0.5) is 10.5 Å². The van der Waals surface area contributed by atoms with Crippen LogP contribution in [-0.4, -0.2) is 44.6 Å². The largest absolute Gasteiger partial charge is 0.493 e. The van der Waals surface area contributed by atoms with Gasteiger partial charge in [-0.15, -0.1) is 0 Å². The zero-order chi connectivity index (χ0) is 23.3. The average molecular weight is 438 g/mol. The molecule has 0 aliphatic carbocycles. The second kappa shape index (κ2) is 9.78. The summed E-state index contributed by atoms with van der Waals surface area (Å²) >= 11 is 0. The Morgan fingerprint density at radius 2 is 1.75 bits per heavy atom. The highest BCUT2D eigenvalue weighted by Gasteiger charge is 2.36. The quantitative estimate of drug-likeness (QED) is 0.402. The van der Waals surface area contributed by atoms with Crippen LogP contribution in [0, 0.1) is 0 Å². The molecule has 1 saturated heterocycles. The van der Waals surface area contributed by atoms with Gasteiger partial charge >= 0.3 is 12.0 Å². The smallest absolute Gasteiger partial charge is 0.343 e. The molecule has 2 aromatic rings. The number of anilines is 1. The number of hydrogen-bond acceptors (Lipinski definition) is 7. The molecule has 9 heteroatoms. The standard InChI is InChI=1S/C23H22N2O7/c1-4-14-5-8-16(9-6-14)25-22(28)17(21(27)24-23(25)29)11-15-7-10-18(19(12-15)30-2)32-13-20(26)31-3/h5-12H,4,13H2,1-3H3,(H,24,27,29)/b17-11-. The number of nitrogens with zero attached hydrogens (tertiary/aromatic N) is 1. The van der Waals surface area contributed by atoms with Gasteiger partial charge in [0.1, 0.15) is 5.57 Å². The number of esters is 1. The highest BCUT2D eigenvalue weighted by atomic mass is 16.6. The van der Waals surface area contributed by atoms with E-state index in [9.17, 15) is 19.2 Å². The molecule has 1 aliphatic heterocycles. The number of nitrogens with one attached hydrogen (secondary N) is 1. The van der Waals surface area contributed by atoms with Crippen LogP contribution in [0.25, 0.3) is 6.08 Å². The summed E-state index contributed by atoms with van der Waals surface area (Å²) in [6, 6.07) is 10.8. The molecule has 0 radical (unpaired) electrons. The first kappa shape index (κ1) is 22.5. The lowest BCUT2D eigenvalue weighted by molar-refractivity contribution is -0.143. The summed E-state index contributed by atoms with van der Waals surface area (Å²) in [4.78, 5) is 49.9. The average Bonchev–Trinajstić information content (AvgIpc) is 2.80. The number of carbonyl (C=O) groups is 4. The van der Waals surface area contributed by atoms with E-state index in [0.717, 1.165) is 16.9 Å². The van der Waals surface area contributed by atoms with Crippen molar-refractivity contribution in [1.29, 1.82) is 0 Å². The predicted octanol–water partition coefficient (Wildman–Crippen LogP) is 2.48. The highest BCUT2D eigenvalue weighted by molar-refractivity contribution is 6.39. The molecular formula is C23H22N2O7. The first-order chi connectivity index (χ1) is 15.4. The first-order valence-corrected chi connectivity index (χ1v) is 9.76. The van der Waals surface area contributed by atoms with E-state index >= 15 is 0 Å². The number of methoxy groups -OCH3 is 2. The number of urea groups is 1. The van der Waals surface area contributed by atoms with Crippen LogP contribution in [-0.2, 0) is 25.5 Å². The van der Waals surface area contributed by atoms with Crippen LogP contribution in [0.1, 0.15) is 18.1 Å². The van der Waals surface area contributed by atoms with Gasteiger partial charge in [0.2, 0.25) is 0 Å². The number of ether oxygens (including phenoxy) is 3. The molecule has 3 rings (SSSR count). The SMILES string of the molecule is CCc1ccc(N2C(=O)NC(=O)/C(=C/c3ccc(OCC(=O)OC)c(OC)c3)C2=O)cc1. The number of benzene rings is 2. The Labute approximate surface area is 184 Å². The van der Waals surface area contributed by atoms with Crippen molar-refractivity contribution in [3.8, 4) is 11.5 Å². The fraction of sp³-hybridized carbons (Fsp3) is 0.217. The third-order valence-corrected chi connectivity index (χ3v) is 4.78. The van der Waals surface area contributed by atoms with Crippen molar-refractivity contribution < 1.29 is 33.4 Å². The first-order valence-electron chi connectivity index (χ1n) is 9.76. The summed E-state index contributed by atoms with van der Waals surface area (Å²) < 4.78 is 15.2. The third-order valence-electron chi connectivity index (χ3n) is 4.78. The summed E-state index contributed by atoms with van der Waals surface area (Å²) in [6.45, 7) is 1.69. The number of aryl methyl sites for hydroxylation is 1. The Bertz CT molecular complexity index is 1090. The number of hydrogen-bond donors (Lipinski definition) is 1. The normalized spacial score (nSPS) is 14.9. The van der Waals surface area contributed by atoms with Gasteiger partial charge in [-0.3, -0.25) is 14.9 Å². The predicted molar refractivity (Wildman–Crippen MR) is 115 cm³/mol. The molecule has 9 nitrogen and oxygen atoms in total. The summed E-state index contributed by atoms with van der Waals surface area (Å²) in [5, 5.41) is 2.19. The molecule has 1 aliphatic rings. The fourth-order valence-electron chi connectivity index (χ4n) is 3.03. The minimum atomic E-state index is -0.814. The van der Waals surface area contributed by atoms with Crippen molar-refractivity contribution in [3.63, 3.8) is 0 Å². The zero-order valence-electron chi connectivity index (χ0n) is 17.8. The number of barbiturate groups is 1. The second-order valence-electron chi connectivity index (χ2n) is 6.75. The molecule has 1 heterocycles. The fourth-order valence-corrected chi connectivity index (χ4v) is 3.03. The molecule has 0 atom stereocenters. The lowest BCUT2D eigenvalue weighted by Gasteiger charge is -2.26.